The summed E-state index contributed by atoms with van der Waals surface area (Å²) in [6.45, 7) is 12.2. The first-order valence-electron chi connectivity index (χ1n) is 20.5. The van der Waals surface area contributed by atoms with E-state index in [-0.39, 0.29) is 35.5 Å². The number of hydrogen-bond donors (Lipinski definition) is 3. The van der Waals surface area contributed by atoms with Gasteiger partial charge in [-0.25, -0.2) is 0 Å². The van der Waals surface area contributed by atoms with Gasteiger partial charge in [0.05, 0.1) is 0 Å². The minimum absolute atomic E-state index is 0.155. The number of aryl methyl sites for hydroxylation is 1. The number of carbonyl (C=O) groups excluding carboxylic acids is 5. The smallest absolute Gasteiger partial charge is 0.262 e. The molecule has 0 aromatic heterocycles. The van der Waals surface area contributed by atoms with Crippen molar-refractivity contribution in [1.29, 1.82) is 0 Å². The molecular formula is C46H60N4O6Si. The molecule has 57 heavy (non-hydrogen) atoms. The molecule has 0 radical (unpaired) electrons. The van der Waals surface area contributed by atoms with Crippen LogP contribution in [0.15, 0.2) is 103 Å². The van der Waals surface area contributed by atoms with Gasteiger partial charge >= 0.3 is 0 Å². The summed E-state index contributed by atoms with van der Waals surface area (Å²) in [6, 6.07) is 27.6. The van der Waals surface area contributed by atoms with Crippen molar-refractivity contribution >= 4 is 48.1 Å². The Morgan fingerprint density at radius 3 is 2.05 bits per heavy atom. The number of rotatable bonds is 14. The van der Waals surface area contributed by atoms with Crippen LogP contribution in [0.5, 0.6) is 0 Å². The lowest BCUT2D eigenvalue weighted by atomic mass is 9.94. The summed E-state index contributed by atoms with van der Waals surface area (Å²) >= 11 is 0. The summed E-state index contributed by atoms with van der Waals surface area (Å²) in [5.41, 5.74) is -0.282. The molecule has 10 nitrogen and oxygen atoms in total. The molecular weight excluding hydrogens is 733 g/mol. The molecule has 11 heteroatoms. The molecule has 0 aliphatic carbocycles. The number of fused-ring (bicyclic) bond motifs is 1. The van der Waals surface area contributed by atoms with Crippen LogP contribution in [-0.4, -0.2) is 78.9 Å². The molecule has 0 spiro atoms. The third kappa shape index (κ3) is 10.2. The highest BCUT2D eigenvalue weighted by Crippen LogP contribution is 2.37. The third-order valence-electron chi connectivity index (χ3n) is 11.6. The fourth-order valence-corrected chi connectivity index (χ4v) is 12.7. The lowest BCUT2D eigenvalue weighted by Crippen LogP contribution is -2.68. The van der Waals surface area contributed by atoms with Crippen LogP contribution in [0.3, 0.4) is 0 Å². The van der Waals surface area contributed by atoms with Crippen molar-refractivity contribution in [1.82, 2.24) is 20.9 Å². The average Bonchev–Trinajstić information content (AvgIpc) is 3.71. The van der Waals surface area contributed by atoms with Crippen molar-refractivity contribution in [3.8, 4) is 0 Å². The minimum atomic E-state index is -2.94. The van der Waals surface area contributed by atoms with Gasteiger partial charge in [0, 0.05) is 6.54 Å². The van der Waals surface area contributed by atoms with E-state index in [4.69, 9.17) is 4.43 Å². The van der Waals surface area contributed by atoms with Crippen LogP contribution in [0.4, 0.5) is 0 Å². The number of nitrogens with zero attached hydrogens (tertiary/aromatic N) is 1. The van der Waals surface area contributed by atoms with E-state index >= 15 is 0 Å². The molecule has 2 aliphatic rings. The van der Waals surface area contributed by atoms with Gasteiger partial charge in [-0.2, -0.15) is 0 Å². The summed E-state index contributed by atoms with van der Waals surface area (Å²) in [5, 5.41) is 10.7. The molecule has 3 N–H and O–H groups in total. The molecule has 2 saturated heterocycles. The summed E-state index contributed by atoms with van der Waals surface area (Å²) in [4.78, 5) is 70.7. The van der Waals surface area contributed by atoms with E-state index in [1.807, 2.05) is 66.7 Å². The zero-order valence-corrected chi connectivity index (χ0v) is 35.4. The maximum Gasteiger partial charge on any atom is 0.262 e. The third-order valence-corrected chi connectivity index (χ3v) is 16.7. The molecule has 0 unspecified atom stereocenters. The Morgan fingerprint density at radius 1 is 0.877 bits per heavy atom. The van der Waals surface area contributed by atoms with Crippen molar-refractivity contribution in [2.24, 2.45) is 0 Å². The van der Waals surface area contributed by atoms with E-state index in [1.165, 1.54) is 0 Å². The van der Waals surface area contributed by atoms with Crippen LogP contribution < -0.4 is 26.3 Å². The summed E-state index contributed by atoms with van der Waals surface area (Å²) < 4.78 is 6.98. The lowest BCUT2D eigenvalue weighted by molar-refractivity contribution is -0.144. The Kier molecular flexibility index (Phi) is 14.5. The van der Waals surface area contributed by atoms with Gasteiger partial charge in [0.25, 0.3) is 8.32 Å². The number of benzene rings is 3. The number of amides is 4. The summed E-state index contributed by atoms with van der Waals surface area (Å²) in [5.74, 6) is -1.73. The van der Waals surface area contributed by atoms with Crippen LogP contribution in [0.2, 0.25) is 5.04 Å². The normalized spacial score (nSPS) is 22.8. The molecule has 2 fully saturated rings. The Morgan fingerprint density at radius 2 is 1.47 bits per heavy atom. The van der Waals surface area contributed by atoms with Gasteiger partial charge in [0.2, 0.25) is 23.6 Å². The largest absolute Gasteiger partial charge is 0.397 e. The first-order chi connectivity index (χ1) is 27.2. The predicted octanol–water partition coefficient (Wildman–Crippen LogP) is 5.14. The van der Waals surface area contributed by atoms with Gasteiger partial charge < -0.3 is 25.3 Å². The van der Waals surface area contributed by atoms with E-state index in [2.05, 4.69) is 61.0 Å². The van der Waals surface area contributed by atoms with E-state index in [1.54, 1.807) is 37.8 Å². The van der Waals surface area contributed by atoms with E-state index in [0.717, 1.165) is 15.9 Å². The van der Waals surface area contributed by atoms with Gasteiger partial charge in [-0.1, -0.05) is 125 Å². The molecule has 0 bridgehead atoms. The fraction of sp³-hybridized carbons (Fsp3) is 0.457. The molecule has 304 valence electrons. The Bertz CT molecular complexity index is 1840. The Balaban J connectivity index is 1.27. The average molecular weight is 793 g/mol. The standard InChI is InChI=1S/C46H60N4O6Si/c1-7-46(6)44(55)48-38(31-30-34-21-12-8-13-22-34)43(54)50-32-20-28-39(50)42(53)47-37(41(52)49-46)27-18-11-19-29-40(51)33(2)56-57(45(3,4)5,35-23-14-9-15-24-35)36-25-16-10-17-26-36/h8-10,12-17,19,21-26,29,33,37-39H,7,11,18,20,27-28,30-32H2,1-6H3,(H,47,53)(H,48,55)(H,49,52)/b29-19+/t33-,37+,38+,39-,46+/m1/s1. The SMILES string of the molecule is CC[C@]1(C)NC(=O)[C@H](CCC/C=C/C(=O)[C@@H](C)O[Si](c2ccccc2)(c2ccccc2)C(C)(C)C)NC(=O)[C@H]2CCCN2C(=O)[C@H](CCc2ccccc2)NC1=O. The summed E-state index contributed by atoms with van der Waals surface area (Å²) in [7, 11) is -2.94. The van der Waals surface area contributed by atoms with Crippen LogP contribution in [-0.2, 0) is 34.8 Å². The van der Waals surface area contributed by atoms with Gasteiger partial charge in [-0.05, 0) is 92.3 Å². The molecule has 5 rings (SSSR count). The van der Waals surface area contributed by atoms with Crippen molar-refractivity contribution in [2.45, 2.75) is 128 Å². The predicted molar refractivity (Wildman–Crippen MR) is 226 cm³/mol. The fourth-order valence-electron chi connectivity index (χ4n) is 8.02. The molecule has 3 aromatic carbocycles. The molecule has 3 aromatic rings. The van der Waals surface area contributed by atoms with Gasteiger partial charge in [0.1, 0.15) is 29.8 Å². The van der Waals surface area contributed by atoms with Crippen molar-refractivity contribution in [3.63, 3.8) is 0 Å². The van der Waals surface area contributed by atoms with Crippen LogP contribution in [0.1, 0.15) is 92.1 Å². The highest BCUT2D eigenvalue weighted by Gasteiger charge is 2.51. The Hall–Kier alpha value is -4.87. The zero-order chi connectivity index (χ0) is 41.2. The quantitative estimate of drug-likeness (QED) is 0.118. The topological polar surface area (TPSA) is 134 Å². The monoisotopic (exact) mass is 792 g/mol. The Labute approximate surface area is 339 Å². The highest BCUT2D eigenvalue weighted by atomic mass is 28.4. The second-order valence-corrected chi connectivity index (χ2v) is 20.9. The first-order valence-corrected chi connectivity index (χ1v) is 22.4. The first kappa shape index (κ1) is 43.3. The van der Waals surface area contributed by atoms with Crippen LogP contribution in [0.25, 0.3) is 0 Å². The van der Waals surface area contributed by atoms with E-state index < -0.39 is 49.9 Å². The number of carbonyl (C=O) groups is 5. The van der Waals surface area contributed by atoms with Crippen molar-refractivity contribution < 1.29 is 28.4 Å². The maximum absolute atomic E-state index is 14.0. The van der Waals surface area contributed by atoms with Gasteiger partial charge in [0.15, 0.2) is 5.78 Å². The molecule has 0 saturated carbocycles. The zero-order valence-electron chi connectivity index (χ0n) is 34.4. The number of ketones is 1. The molecule has 4 amide bonds. The molecule has 2 aliphatic heterocycles. The summed E-state index contributed by atoms with van der Waals surface area (Å²) in [6.07, 6.45) is 6.16. The second-order valence-electron chi connectivity index (χ2n) is 16.6. The van der Waals surface area contributed by atoms with E-state index in [0.29, 0.717) is 45.1 Å². The van der Waals surface area contributed by atoms with Crippen molar-refractivity contribution in [3.05, 3.63) is 109 Å². The highest BCUT2D eigenvalue weighted by molar-refractivity contribution is 6.99. The van der Waals surface area contributed by atoms with Gasteiger partial charge in [-0.3, -0.25) is 24.0 Å². The van der Waals surface area contributed by atoms with Crippen LogP contribution in [0, 0.1) is 0 Å². The molecule has 2 heterocycles. The number of nitrogens with one attached hydrogen (secondary N) is 3. The number of hydrogen-bond acceptors (Lipinski definition) is 6. The maximum atomic E-state index is 14.0. The van der Waals surface area contributed by atoms with Gasteiger partial charge in [-0.15, -0.1) is 0 Å². The number of allylic oxidation sites excluding steroid dienone is 1. The molecule has 5 atom stereocenters. The van der Waals surface area contributed by atoms with Crippen molar-refractivity contribution in [2.75, 3.05) is 6.54 Å². The number of unbranched alkanes of at least 4 members (excludes halogenated alkanes) is 1. The lowest BCUT2D eigenvalue weighted by Gasteiger charge is -2.44. The van der Waals surface area contributed by atoms with E-state index in [9.17, 15) is 24.0 Å². The second kappa shape index (κ2) is 19.0. The van der Waals surface area contributed by atoms with Crippen LogP contribution >= 0.6 is 0 Å². The minimum Gasteiger partial charge on any atom is -0.397 e.